The second-order valence-corrected chi connectivity index (χ2v) is 11.5. The molecule has 3 heterocycles. The molecule has 2 aliphatic rings. The van der Waals surface area contributed by atoms with Crippen molar-refractivity contribution >= 4 is 57.7 Å². The van der Waals surface area contributed by atoms with Crippen molar-refractivity contribution in [2.24, 2.45) is 5.16 Å². The highest BCUT2D eigenvalue weighted by Gasteiger charge is 2.53. The smallest absolute Gasteiger partial charge is 0.357 e. The van der Waals surface area contributed by atoms with Crippen LogP contribution in [0.25, 0.3) is 0 Å². The molecule has 1 fully saturated rings. The van der Waals surface area contributed by atoms with Crippen molar-refractivity contribution in [2.75, 3.05) is 25.4 Å². The lowest BCUT2D eigenvalue weighted by Gasteiger charge is -2.48. The Bertz CT molecular complexity index is 1350. The van der Waals surface area contributed by atoms with Crippen molar-refractivity contribution in [3.8, 4) is 0 Å². The predicted octanol–water partition coefficient (Wildman–Crippen LogP) is 2.01. The lowest BCUT2D eigenvalue weighted by atomic mass is 9.87. The number of aromatic nitrogens is 1. The van der Waals surface area contributed by atoms with E-state index in [2.05, 4.69) is 36.2 Å². The van der Waals surface area contributed by atoms with Gasteiger partial charge in [0.15, 0.2) is 10.8 Å². The van der Waals surface area contributed by atoms with Gasteiger partial charge in [-0.1, -0.05) is 38.1 Å². The van der Waals surface area contributed by atoms with Crippen LogP contribution in [-0.4, -0.2) is 70.4 Å². The summed E-state index contributed by atoms with van der Waals surface area (Å²) in [6, 6.07) is 6.07. The Morgan fingerprint density at radius 1 is 1.18 bits per heavy atom. The van der Waals surface area contributed by atoms with Gasteiger partial charge < -0.3 is 25.4 Å². The number of anilines is 1. The van der Waals surface area contributed by atoms with E-state index >= 15 is 0 Å². The summed E-state index contributed by atoms with van der Waals surface area (Å²) >= 11 is 2.48. The van der Waals surface area contributed by atoms with Gasteiger partial charge in [-0.05, 0) is 29.2 Å². The third-order valence-electron chi connectivity index (χ3n) is 5.87. The first-order valence-corrected chi connectivity index (χ1v) is 13.7. The van der Waals surface area contributed by atoms with Gasteiger partial charge >= 0.3 is 11.9 Å². The van der Waals surface area contributed by atoms with E-state index < -0.39 is 42.0 Å². The second-order valence-electron chi connectivity index (χ2n) is 9.47. The molecule has 39 heavy (non-hydrogen) atoms. The standard InChI is InChI=1S/C25H27N5O7S2/c1-25(2,3)14-7-5-13(6-8-14)22(33)36-12-37-23(34)16-9-10-38-21-18(20(32)30(16)21)28-19(31)17(29-35-4)15-11-39-24(26)27-15/h5-9,11,18,21H,10,12H2,1-4H3,(H2,26,27)(H,28,31)/b29-17-/t18-,21-/m1/s1. The summed E-state index contributed by atoms with van der Waals surface area (Å²) in [4.78, 5) is 60.8. The van der Waals surface area contributed by atoms with E-state index in [1.807, 2.05) is 12.1 Å². The number of carbonyl (C=O) groups is 4. The van der Waals surface area contributed by atoms with Crippen LogP contribution in [0.3, 0.4) is 0 Å². The van der Waals surface area contributed by atoms with Crippen LogP contribution in [-0.2, 0) is 34.1 Å². The minimum Gasteiger partial charge on any atom is -0.424 e. The van der Waals surface area contributed by atoms with E-state index in [1.54, 1.807) is 23.6 Å². The minimum atomic E-state index is -0.911. The molecule has 0 spiro atoms. The van der Waals surface area contributed by atoms with Crippen LogP contribution in [0.4, 0.5) is 5.13 Å². The fourth-order valence-electron chi connectivity index (χ4n) is 3.83. The molecule has 2 aromatic rings. The molecule has 1 aromatic carbocycles. The monoisotopic (exact) mass is 573 g/mol. The number of esters is 2. The highest BCUT2D eigenvalue weighted by molar-refractivity contribution is 8.00. The van der Waals surface area contributed by atoms with Gasteiger partial charge in [0, 0.05) is 11.1 Å². The van der Waals surface area contributed by atoms with E-state index in [0.717, 1.165) is 16.9 Å². The number of nitrogens with two attached hydrogens (primary N) is 1. The van der Waals surface area contributed by atoms with Crippen molar-refractivity contribution in [1.82, 2.24) is 15.2 Å². The highest BCUT2D eigenvalue weighted by atomic mass is 32.2. The number of ether oxygens (including phenoxy) is 2. The molecule has 0 aliphatic carbocycles. The normalized spacial score (nSPS) is 18.9. The number of oxime groups is 1. The molecule has 0 bridgehead atoms. The van der Waals surface area contributed by atoms with Gasteiger partial charge in [-0.25, -0.2) is 14.6 Å². The number of amides is 2. The van der Waals surface area contributed by atoms with Crippen molar-refractivity contribution in [3.63, 3.8) is 0 Å². The molecule has 2 atom stereocenters. The first kappa shape index (κ1) is 28.1. The molecule has 0 saturated carbocycles. The van der Waals surface area contributed by atoms with Crippen LogP contribution in [0, 0.1) is 0 Å². The summed E-state index contributed by atoms with van der Waals surface area (Å²) < 4.78 is 10.2. The maximum Gasteiger partial charge on any atom is 0.357 e. The maximum atomic E-state index is 12.9. The Morgan fingerprint density at radius 3 is 2.49 bits per heavy atom. The number of fused-ring (bicyclic) bond motifs is 1. The van der Waals surface area contributed by atoms with Gasteiger partial charge in [-0.15, -0.1) is 23.1 Å². The van der Waals surface area contributed by atoms with Crippen molar-refractivity contribution in [2.45, 2.75) is 37.6 Å². The zero-order valence-corrected chi connectivity index (χ0v) is 23.3. The molecule has 0 radical (unpaired) electrons. The van der Waals surface area contributed by atoms with E-state index in [9.17, 15) is 19.2 Å². The minimum absolute atomic E-state index is 0.0119. The van der Waals surface area contributed by atoms with Crippen LogP contribution in [0.15, 0.2) is 46.6 Å². The number of hydrogen-bond donors (Lipinski definition) is 2. The summed E-state index contributed by atoms with van der Waals surface area (Å²) in [5.74, 6) is -2.26. The number of carbonyl (C=O) groups excluding carboxylic acids is 4. The number of thiazole rings is 1. The second kappa shape index (κ2) is 11.5. The number of thioether (sulfide) groups is 1. The van der Waals surface area contributed by atoms with E-state index in [-0.39, 0.29) is 27.6 Å². The zero-order chi connectivity index (χ0) is 28.3. The molecule has 1 saturated heterocycles. The molecular formula is C25H27N5O7S2. The molecule has 3 N–H and O–H groups in total. The van der Waals surface area contributed by atoms with E-state index in [1.165, 1.54) is 23.8 Å². The molecule has 12 nitrogen and oxygen atoms in total. The molecule has 2 amide bonds. The van der Waals surface area contributed by atoms with Gasteiger partial charge in [0.25, 0.3) is 11.8 Å². The molecule has 2 aliphatic heterocycles. The average Bonchev–Trinajstić information content (AvgIpc) is 3.34. The van der Waals surface area contributed by atoms with Gasteiger partial charge in [-0.3, -0.25) is 14.5 Å². The summed E-state index contributed by atoms with van der Waals surface area (Å²) in [7, 11) is 1.28. The van der Waals surface area contributed by atoms with Gasteiger partial charge in [-0.2, -0.15) is 0 Å². The SMILES string of the molecule is CO/N=C(\C(=O)N[C@@H]1C(=O)N2C(C(=O)OCOC(=O)c3ccc(C(C)(C)C)cc3)=CCS[C@H]12)c1csc(N)n1. The third-order valence-corrected chi connectivity index (χ3v) is 7.73. The van der Waals surface area contributed by atoms with Crippen molar-refractivity contribution in [1.29, 1.82) is 0 Å². The van der Waals surface area contributed by atoms with E-state index in [0.29, 0.717) is 11.3 Å². The fourth-order valence-corrected chi connectivity index (χ4v) is 5.57. The Kier molecular flexibility index (Phi) is 8.25. The van der Waals surface area contributed by atoms with Crippen LogP contribution >= 0.6 is 23.1 Å². The number of rotatable bonds is 8. The number of hydrogen-bond acceptors (Lipinski definition) is 12. The lowest BCUT2D eigenvalue weighted by molar-refractivity contribution is -0.156. The first-order valence-electron chi connectivity index (χ1n) is 11.7. The Labute approximate surface area is 232 Å². The molecule has 206 valence electrons. The largest absolute Gasteiger partial charge is 0.424 e. The van der Waals surface area contributed by atoms with Crippen molar-refractivity contribution < 1.29 is 33.5 Å². The lowest BCUT2D eigenvalue weighted by Crippen LogP contribution is -2.70. The average molecular weight is 574 g/mol. The Balaban J connectivity index is 1.32. The van der Waals surface area contributed by atoms with Crippen LogP contribution in [0.2, 0.25) is 0 Å². The van der Waals surface area contributed by atoms with Crippen LogP contribution < -0.4 is 11.1 Å². The van der Waals surface area contributed by atoms with E-state index in [4.69, 9.17) is 20.0 Å². The summed E-state index contributed by atoms with van der Waals surface area (Å²) in [6.07, 6.45) is 1.54. The summed E-state index contributed by atoms with van der Waals surface area (Å²) in [5, 5.41) is 7.58. The predicted molar refractivity (Wildman–Crippen MR) is 145 cm³/mol. The highest BCUT2D eigenvalue weighted by Crippen LogP contribution is 2.38. The first-order chi connectivity index (χ1) is 18.5. The molecule has 4 rings (SSSR count). The summed E-state index contributed by atoms with van der Waals surface area (Å²) in [5.41, 5.74) is 7.05. The van der Waals surface area contributed by atoms with Gasteiger partial charge in [0.2, 0.25) is 6.79 Å². The number of β-lactam (4-membered cyclic amide) rings is 1. The quantitative estimate of drug-likeness (QED) is 0.157. The summed E-state index contributed by atoms with van der Waals surface area (Å²) in [6.45, 7) is 5.57. The van der Waals surface area contributed by atoms with Gasteiger partial charge in [0.05, 0.1) is 5.56 Å². The number of benzene rings is 1. The van der Waals surface area contributed by atoms with Crippen molar-refractivity contribution in [3.05, 3.63) is 58.2 Å². The maximum absolute atomic E-state index is 12.9. The van der Waals surface area contributed by atoms with Gasteiger partial charge in [0.1, 0.15) is 29.9 Å². The molecule has 14 heteroatoms. The Morgan fingerprint density at radius 2 is 1.87 bits per heavy atom. The number of nitrogens with zero attached hydrogens (tertiary/aromatic N) is 3. The molecule has 1 aromatic heterocycles. The van der Waals surface area contributed by atoms with Crippen LogP contribution in [0.5, 0.6) is 0 Å². The molecular weight excluding hydrogens is 546 g/mol. The molecule has 0 unspecified atom stereocenters. The van der Waals surface area contributed by atoms with Crippen LogP contribution in [0.1, 0.15) is 42.4 Å². The fraction of sp³-hybridized carbons (Fsp3) is 0.360. The topological polar surface area (TPSA) is 163 Å². The number of nitrogen functional groups attached to an aromatic ring is 1. The number of nitrogens with one attached hydrogen (secondary N) is 1. The Hall–Kier alpha value is -3.91. The zero-order valence-electron chi connectivity index (χ0n) is 21.6. The third kappa shape index (κ3) is 6.06.